The Morgan fingerprint density at radius 1 is 0.511 bits per heavy atom. The number of nitrogens with one attached hydrogen (secondary N) is 2. The van der Waals surface area contributed by atoms with Crippen LogP contribution in [-0.4, -0.2) is 112 Å². The summed E-state index contributed by atoms with van der Waals surface area (Å²) in [7, 11) is 0. The maximum absolute atomic E-state index is 14.0. The molecule has 12 heterocycles. The first-order chi connectivity index (χ1) is 45.2. The highest BCUT2D eigenvalue weighted by Crippen LogP contribution is 2.56. The van der Waals surface area contributed by atoms with Crippen molar-refractivity contribution in [2.24, 2.45) is 17.8 Å². The van der Waals surface area contributed by atoms with Gasteiger partial charge in [-0.15, -0.1) is 0 Å². The minimum Gasteiger partial charge on any atom is -0.503 e. The molecule has 0 unspecified atom stereocenters. The third-order valence-corrected chi connectivity index (χ3v) is 19.9. The van der Waals surface area contributed by atoms with Gasteiger partial charge >= 0.3 is 5.97 Å². The molecule has 0 radical (unpaired) electrons. The molecule has 3 N–H and O–H groups in total. The van der Waals surface area contributed by atoms with Gasteiger partial charge in [0.1, 0.15) is 53.2 Å². The second-order valence-electron chi connectivity index (χ2n) is 25.9. The van der Waals surface area contributed by atoms with E-state index in [4.69, 9.17) is 14.2 Å². The monoisotopic (exact) mass is 1290 g/mol. The number of aromatic hydroxyl groups is 1. The molecule has 21 nitrogen and oxygen atoms in total. The number of esters is 1. The molecule has 3 saturated carbocycles. The van der Waals surface area contributed by atoms with E-state index in [2.05, 4.69) is 10.6 Å². The normalized spacial score (nSPS) is 23.0. The van der Waals surface area contributed by atoms with Crippen LogP contribution in [-0.2, 0) is 50.7 Å². The second-order valence-corrected chi connectivity index (χ2v) is 25.9. The number of hydrogen-bond donors (Lipinski definition) is 3. The highest BCUT2D eigenvalue weighted by atomic mass is 19.1. The Kier molecular flexibility index (Phi) is 15.2. The number of halogens is 4. The van der Waals surface area contributed by atoms with E-state index < -0.39 is 69.0 Å². The average Bonchev–Trinajstić information content (AvgIpc) is 1.51. The molecule has 484 valence electrons. The quantitative estimate of drug-likeness (QED) is 0.0745. The van der Waals surface area contributed by atoms with Crippen molar-refractivity contribution in [1.82, 2.24) is 39.0 Å². The van der Waals surface area contributed by atoms with Gasteiger partial charge in [0.15, 0.2) is 34.3 Å². The number of ether oxygens (including phenoxy) is 3. The summed E-state index contributed by atoms with van der Waals surface area (Å²) in [6, 6.07) is 24.6. The van der Waals surface area contributed by atoms with E-state index in [9.17, 15) is 65.8 Å². The molecule has 9 fully saturated rings. The molecule has 6 bridgehead atoms. The highest BCUT2D eigenvalue weighted by Gasteiger charge is 2.63. The van der Waals surface area contributed by atoms with E-state index in [0.717, 1.165) is 74.4 Å². The van der Waals surface area contributed by atoms with E-state index >= 15 is 0 Å². The minimum atomic E-state index is -0.954. The number of fused-ring (bicyclic) bond motifs is 3. The number of nitrogens with zero attached hydrogens (tertiary/aromatic N) is 6. The van der Waals surface area contributed by atoms with Crippen molar-refractivity contribution in [2.75, 3.05) is 26.2 Å². The molecule has 3 spiro atoms. The van der Waals surface area contributed by atoms with Gasteiger partial charge in [0, 0.05) is 94.2 Å². The molecule has 25 heteroatoms. The lowest BCUT2D eigenvalue weighted by atomic mass is 9.72. The van der Waals surface area contributed by atoms with Crippen LogP contribution in [0.2, 0.25) is 0 Å². The fourth-order valence-electron chi connectivity index (χ4n) is 15.6. The van der Waals surface area contributed by atoms with Gasteiger partial charge in [-0.3, -0.25) is 38.4 Å². The van der Waals surface area contributed by atoms with Gasteiger partial charge < -0.3 is 58.4 Å². The van der Waals surface area contributed by atoms with Crippen LogP contribution in [0.15, 0.2) is 130 Å². The van der Waals surface area contributed by atoms with E-state index in [1.54, 1.807) is 21.0 Å². The summed E-state index contributed by atoms with van der Waals surface area (Å²) in [4.78, 5) is 122. The van der Waals surface area contributed by atoms with Gasteiger partial charge in [-0.05, 0) is 86.5 Å². The lowest BCUT2D eigenvalue weighted by Crippen LogP contribution is -2.56. The van der Waals surface area contributed by atoms with Crippen molar-refractivity contribution < 1.29 is 65.6 Å². The van der Waals surface area contributed by atoms with Crippen LogP contribution in [0.3, 0.4) is 0 Å². The topological polar surface area (TPSA) is 250 Å². The van der Waals surface area contributed by atoms with Crippen LogP contribution in [0.5, 0.6) is 17.2 Å². The van der Waals surface area contributed by atoms with Crippen molar-refractivity contribution in [1.29, 1.82) is 0 Å². The zero-order valence-corrected chi connectivity index (χ0v) is 50.8. The Morgan fingerprint density at radius 3 is 1.29 bits per heavy atom. The summed E-state index contributed by atoms with van der Waals surface area (Å²) in [5.41, 5.74) is -1.56. The Balaban J connectivity index is 0.000000123. The van der Waals surface area contributed by atoms with Crippen LogP contribution in [0, 0.1) is 41.0 Å². The van der Waals surface area contributed by atoms with Gasteiger partial charge in [-0.2, -0.15) is 0 Å². The second kappa shape index (κ2) is 23.4. The largest absolute Gasteiger partial charge is 0.503 e. The molecule has 3 aromatic heterocycles. The van der Waals surface area contributed by atoms with E-state index in [1.807, 2.05) is 70.5 Å². The maximum atomic E-state index is 14.0. The summed E-state index contributed by atoms with van der Waals surface area (Å²) in [5, 5.41) is 15.3. The highest BCUT2D eigenvalue weighted by molar-refractivity contribution is 6.02. The summed E-state index contributed by atoms with van der Waals surface area (Å²) in [6.07, 6.45) is 9.64. The van der Waals surface area contributed by atoms with E-state index in [1.165, 1.54) is 35.3 Å². The Morgan fingerprint density at radius 2 is 0.883 bits per heavy atom. The number of carbonyl (C=O) groups excluding carboxylic acids is 6. The SMILES string of the molecule is CCOC(=O)c1cn2c(c(OCc3ccccc3)c1=O)C(=O)N1CC3CC1(C3)C2.O=C(NCc1ccc(F)cc1F)c1cn2c(c(O)c1=O)C(=O)N1CC3CC1(C3)C2.O=C(NCc1ccc(F)cc1F)c1cn2c(c(OCc3ccccc3)c1=O)C(=O)N1CC3CC1(C3)C2. The van der Waals surface area contributed by atoms with Crippen LogP contribution in [0.1, 0.15) is 130 Å². The molecule has 9 aliphatic heterocycles. The van der Waals surface area contributed by atoms with Crippen molar-refractivity contribution in [3.8, 4) is 17.2 Å². The first-order valence-electron chi connectivity index (χ1n) is 31.1. The Hall–Kier alpha value is -10.3. The third kappa shape index (κ3) is 10.4. The summed E-state index contributed by atoms with van der Waals surface area (Å²) < 4.78 is 75.7. The number of amides is 5. The minimum absolute atomic E-state index is 0.0516. The number of hydrogen-bond acceptors (Lipinski definition) is 13. The summed E-state index contributed by atoms with van der Waals surface area (Å²) >= 11 is 0. The predicted octanol–water partition coefficient (Wildman–Crippen LogP) is 6.86. The zero-order chi connectivity index (χ0) is 65.7. The summed E-state index contributed by atoms with van der Waals surface area (Å²) in [6.45, 7) is 5.01. The van der Waals surface area contributed by atoms with Crippen LogP contribution >= 0.6 is 0 Å². The number of aromatic nitrogens is 3. The average molecular weight is 1290 g/mol. The molecular weight excluding hydrogens is 1220 g/mol. The van der Waals surface area contributed by atoms with Crippen molar-refractivity contribution in [2.45, 2.75) is 108 Å². The first-order valence-corrected chi connectivity index (χ1v) is 31.1. The lowest BCUT2D eigenvalue weighted by molar-refractivity contribution is 0.0375. The fourth-order valence-corrected chi connectivity index (χ4v) is 15.6. The fraction of sp³-hybridized carbons (Fsp3) is 0.348. The molecular formula is C69H62F4N8O13. The molecule has 0 atom stereocenters. The van der Waals surface area contributed by atoms with Crippen LogP contribution in [0.25, 0.3) is 0 Å². The molecule has 4 aromatic carbocycles. The van der Waals surface area contributed by atoms with E-state index in [0.29, 0.717) is 56.5 Å². The molecule has 12 aliphatic rings. The van der Waals surface area contributed by atoms with Crippen molar-refractivity contribution >= 4 is 35.5 Å². The maximum Gasteiger partial charge on any atom is 0.343 e. The van der Waals surface area contributed by atoms with Gasteiger partial charge in [0.05, 0.1) is 23.2 Å². The van der Waals surface area contributed by atoms with Crippen molar-refractivity contribution in [3.05, 3.63) is 226 Å². The number of pyridine rings is 3. The zero-order valence-electron chi connectivity index (χ0n) is 50.8. The number of benzene rings is 4. The molecule has 19 rings (SSSR count). The van der Waals surface area contributed by atoms with Crippen LogP contribution in [0.4, 0.5) is 17.6 Å². The van der Waals surface area contributed by atoms with Gasteiger partial charge in [-0.1, -0.05) is 72.8 Å². The van der Waals surface area contributed by atoms with E-state index in [-0.39, 0.29) is 118 Å². The molecule has 5 amide bonds. The Labute approximate surface area is 533 Å². The van der Waals surface area contributed by atoms with Gasteiger partial charge in [0.2, 0.25) is 16.3 Å². The third-order valence-electron chi connectivity index (χ3n) is 19.9. The summed E-state index contributed by atoms with van der Waals surface area (Å²) in [5.74, 6) is -5.71. The van der Waals surface area contributed by atoms with Gasteiger partial charge in [0.25, 0.3) is 29.5 Å². The smallest absolute Gasteiger partial charge is 0.343 e. The molecule has 94 heavy (non-hydrogen) atoms. The number of carbonyl (C=O) groups is 6. The predicted molar refractivity (Wildman–Crippen MR) is 326 cm³/mol. The van der Waals surface area contributed by atoms with Crippen molar-refractivity contribution in [3.63, 3.8) is 0 Å². The molecule has 7 aromatic rings. The number of rotatable bonds is 14. The lowest BCUT2D eigenvalue weighted by Gasteiger charge is -2.46. The Bertz CT molecular complexity index is 4540. The van der Waals surface area contributed by atoms with Crippen LogP contribution < -0.4 is 36.4 Å². The first kappa shape index (κ1) is 61.2. The molecule has 3 aliphatic carbocycles. The van der Waals surface area contributed by atoms with Gasteiger partial charge in [-0.25, -0.2) is 22.4 Å². The molecule has 6 saturated heterocycles. The standard InChI is InChI=1S/C27H23F2N3O4.C22H22N2O5.C20H17F2N3O4/c28-19-7-6-18(21(29)8-19)11-30-25(34)20-13-31-15-27-9-17(10-27)12-32(27)26(35)22(31)24(23(20)33)36-14-16-4-2-1-3-5-16;1-2-28-21(27)16-11-23-13-22-8-15(9-22)10-24(22)20(26)17(23)19(18(16)25)29-12-14-6-4-3-5-7-14;21-12-2-1-11(14(22)3-12)6-23-18(28)13-8-24-9-20-4-10(5-20)7-25(20)19(29)15(24)17(27)16(13)26/h1-8,13,17H,9-12,14-15H2,(H,30,34);3-7,11,15H,2,8-10,12-13H2,1H3;1-3,8,10,27H,4-7,9H2,(H,23,28).